The van der Waals surface area contributed by atoms with Gasteiger partial charge in [0, 0.05) is 11.0 Å². The Morgan fingerprint density at radius 1 is 1.31 bits per heavy atom. The molecule has 0 atom stereocenters. The molecule has 2 heterocycles. The van der Waals surface area contributed by atoms with E-state index in [-0.39, 0.29) is 22.7 Å². The van der Waals surface area contributed by atoms with Crippen molar-refractivity contribution in [2.45, 2.75) is 49.6 Å². The normalized spacial score (nSPS) is 16.7. The number of esters is 1. The molecule has 0 bridgehead atoms. The van der Waals surface area contributed by atoms with Crippen LogP contribution in [-0.4, -0.2) is 37.9 Å². The molecule has 0 radical (unpaired) electrons. The Kier molecular flexibility index (Phi) is 4.46. The monoisotopic (exact) mass is 410 g/mol. The smallest absolute Gasteiger partial charge is 0.316 e. The van der Waals surface area contributed by atoms with Crippen molar-refractivity contribution in [3.63, 3.8) is 0 Å². The second-order valence-corrected chi connectivity index (χ2v) is 8.66. The summed E-state index contributed by atoms with van der Waals surface area (Å²) < 4.78 is 6.51. The summed E-state index contributed by atoms with van der Waals surface area (Å²) in [6, 6.07) is 8.24. The highest BCUT2D eigenvalue weighted by molar-refractivity contribution is 7.99. The number of rotatable bonds is 4. The second kappa shape index (κ2) is 7.02. The Hall–Kier alpha value is -2.61. The van der Waals surface area contributed by atoms with E-state index in [2.05, 4.69) is 22.3 Å². The Labute approximate surface area is 171 Å². The van der Waals surface area contributed by atoms with Crippen LogP contribution in [0.2, 0.25) is 0 Å². The number of carbonyl (C=O) groups is 1. The van der Waals surface area contributed by atoms with Crippen molar-refractivity contribution in [2.75, 3.05) is 12.4 Å². The summed E-state index contributed by atoms with van der Waals surface area (Å²) >= 11 is 1.19. The maximum Gasteiger partial charge on any atom is 0.316 e. The molecular formula is C21H22N4O3S. The van der Waals surface area contributed by atoms with Crippen molar-refractivity contribution in [3.8, 4) is 11.3 Å². The zero-order valence-corrected chi connectivity index (χ0v) is 17.1. The van der Waals surface area contributed by atoms with E-state index in [9.17, 15) is 9.59 Å². The molecule has 3 aromatic rings. The Morgan fingerprint density at radius 2 is 2.10 bits per heavy atom. The molecule has 2 aliphatic rings. The number of fused-ring (bicyclic) bond motifs is 5. The number of hydrogen-bond acceptors (Lipinski definition) is 6. The first-order valence-electron chi connectivity index (χ1n) is 10.0. The van der Waals surface area contributed by atoms with Crippen molar-refractivity contribution in [1.29, 1.82) is 0 Å². The van der Waals surface area contributed by atoms with Crippen molar-refractivity contribution < 1.29 is 9.53 Å². The first-order chi connectivity index (χ1) is 14.1. The van der Waals surface area contributed by atoms with Crippen molar-refractivity contribution in [1.82, 2.24) is 19.6 Å². The molecule has 1 aromatic carbocycles. The highest BCUT2D eigenvalue weighted by Gasteiger charge is 2.44. The van der Waals surface area contributed by atoms with E-state index < -0.39 is 0 Å². The van der Waals surface area contributed by atoms with Gasteiger partial charge in [-0.25, -0.2) is 14.5 Å². The minimum absolute atomic E-state index is 0.0680. The van der Waals surface area contributed by atoms with E-state index in [4.69, 9.17) is 9.72 Å². The molecule has 150 valence electrons. The lowest BCUT2D eigenvalue weighted by Gasteiger charge is -2.35. The number of hydrogen-bond donors (Lipinski definition) is 1. The van der Waals surface area contributed by atoms with Gasteiger partial charge in [-0.1, -0.05) is 48.9 Å². The fourth-order valence-electron chi connectivity index (χ4n) is 4.85. The minimum atomic E-state index is -0.325. The van der Waals surface area contributed by atoms with Crippen LogP contribution in [-0.2, 0) is 21.4 Å². The number of benzene rings is 1. The average molecular weight is 410 g/mol. The number of aromatic nitrogens is 4. The van der Waals surface area contributed by atoms with Gasteiger partial charge >= 0.3 is 5.97 Å². The number of nitrogens with one attached hydrogen (secondary N) is 1. The van der Waals surface area contributed by atoms with E-state index in [0.717, 1.165) is 48.9 Å². The lowest BCUT2D eigenvalue weighted by Crippen LogP contribution is -2.38. The van der Waals surface area contributed by atoms with Gasteiger partial charge < -0.3 is 4.74 Å². The van der Waals surface area contributed by atoms with E-state index in [0.29, 0.717) is 17.5 Å². The van der Waals surface area contributed by atoms with Crippen LogP contribution < -0.4 is 5.56 Å². The Bertz CT molecular complexity index is 1160. The Morgan fingerprint density at radius 3 is 2.90 bits per heavy atom. The molecule has 0 aliphatic heterocycles. The third-order valence-electron chi connectivity index (χ3n) is 6.04. The summed E-state index contributed by atoms with van der Waals surface area (Å²) in [5, 5.41) is 7.58. The van der Waals surface area contributed by atoms with Gasteiger partial charge in [-0.15, -0.1) is 5.10 Å². The number of thioether (sulfide) groups is 1. The molecule has 1 saturated carbocycles. The van der Waals surface area contributed by atoms with Crippen molar-refractivity contribution >= 4 is 23.5 Å². The molecule has 1 N–H and O–H groups in total. The molecule has 5 rings (SSSR count). The van der Waals surface area contributed by atoms with Crippen LogP contribution in [0, 0.1) is 0 Å². The molecule has 0 saturated heterocycles. The van der Waals surface area contributed by atoms with Gasteiger partial charge in [0.1, 0.15) is 0 Å². The van der Waals surface area contributed by atoms with Gasteiger partial charge in [-0.2, -0.15) is 0 Å². The van der Waals surface area contributed by atoms with Crippen LogP contribution >= 0.6 is 11.8 Å². The van der Waals surface area contributed by atoms with Gasteiger partial charge in [-0.3, -0.25) is 9.59 Å². The number of nitrogens with zero attached hydrogens (tertiary/aromatic N) is 3. The molecule has 2 aliphatic carbocycles. The molecule has 1 spiro atoms. The average Bonchev–Trinajstić information content (AvgIpc) is 3.34. The molecule has 8 heteroatoms. The van der Waals surface area contributed by atoms with Crippen LogP contribution in [0.5, 0.6) is 0 Å². The SMILES string of the molecule is CCOC(=O)CSc1n[nH]c2nc3c(c(=O)n12)C1(CCCC1)Cc1ccccc1-3. The third-order valence-corrected chi connectivity index (χ3v) is 6.95. The van der Waals surface area contributed by atoms with Crippen LogP contribution in [0.25, 0.3) is 17.0 Å². The Balaban J connectivity index is 1.68. The highest BCUT2D eigenvalue weighted by atomic mass is 32.2. The van der Waals surface area contributed by atoms with Crippen LogP contribution in [0.3, 0.4) is 0 Å². The lowest BCUT2D eigenvalue weighted by molar-refractivity contribution is -0.139. The fraction of sp³-hybridized carbons (Fsp3) is 0.429. The van der Waals surface area contributed by atoms with Gasteiger partial charge in [0.25, 0.3) is 5.56 Å². The first-order valence-corrected chi connectivity index (χ1v) is 11.0. The molecule has 0 amide bonds. The summed E-state index contributed by atoms with van der Waals surface area (Å²) in [6.07, 6.45) is 5.13. The maximum absolute atomic E-state index is 13.7. The molecule has 0 unspecified atom stereocenters. The first kappa shape index (κ1) is 18.4. The lowest BCUT2D eigenvalue weighted by atomic mass is 9.68. The van der Waals surface area contributed by atoms with Gasteiger partial charge in [-0.05, 0) is 31.7 Å². The largest absolute Gasteiger partial charge is 0.465 e. The summed E-state index contributed by atoms with van der Waals surface area (Å²) in [5.41, 5.74) is 3.66. The van der Waals surface area contributed by atoms with Crippen LogP contribution in [0.15, 0.2) is 34.2 Å². The van der Waals surface area contributed by atoms with Crippen molar-refractivity contribution in [3.05, 3.63) is 45.7 Å². The van der Waals surface area contributed by atoms with Gasteiger partial charge in [0.2, 0.25) is 5.78 Å². The maximum atomic E-state index is 13.7. The number of aromatic amines is 1. The minimum Gasteiger partial charge on any atom is -0.465 e. The van der Waals surface area contributed by atoms with E-state index >= 15 is 0 Å². The van der Waals surface area contributed by atoms with Crippen molar-refractivity contribution in [2.24, 2.45) is 0 Å². The number of ether oxygens (including phenoxy) is 1. The quantitative estimate of drug-likeness (QED) is 0.525. The summed E-state index contributed by atoms with van der Waals surface area (Å²) in [5.74, 6) is 0.185. The molecule has 1 fully saturated rings. The highest BCUT2D eigenvalue weighted by Crippen LogP contribution is 2.49. The second-order valence-electron chi connectivity index (χ2n) is 7.72. The predicted octanol–water partition coefficient (Wildman–Crippen LogP) is 3.11. The van der Waals surface area contributed by atoms with E-state index in [1.165, 1.54) is 21.7 Å². The summed E-state index contributed by atoms with van der Waals surface area (Å²) in [4.78, 5) is 30.3. The number of H-pyrrole nitrogens is 1. The molecule has 7 nitrogen and oxygen atoms in total. The topological polar surface area (TPSA) is 89.3 Å². The van der Waals surface area contributed by atoms with Crippen LogP contribution in [0.1, 0.15) is 43.7 Å². The third kappa shape index (κ3) is 2.88. The summed E-state index contributed by atoms with van der Waals surface area (Å²) in [6.45, 7) is 2.10. The molecular weight excluding hydrogens is 388 g/mol. The summed E-state index contributed by atoms with van der Waals surface area (Å²) in [7, 11) is 0. The predicted molar refractivity (Wildman–Crippen MR) is 110 cm³/mol. The fourth-order valence-corrected chi connectivity index (χ4v) is 5.59. The van der Waals surface area contributed by atoms with Gasteiger partial charge in [0.05, 0.1) is 23.6 Å². The molecule has 29 heavy (non-hydrogen) atoms. The van der Waals surface area contributed by atoms with E-state index in [1.54, 1.807) is 6.92 Å². The molecule has 2 aromatic heterocycles. The number of carbonyl (C=O) groups excluding carboxylic acids is 1. The van der Waals surface area contributed by atoms with Gasteiger partial charge in [0.15, 0.2) is 5.16 Å². The van der Waals surface area contributed by atoms with E-state index in [1.807, 2.05) is 12.1 Å². The standard InChI is InChI=1S/C21H22N4O3S/c1-2-28-15(26)12-29-20-24-23-19-22-17-14-8-4-3-7-13(14)11-21(9-5-6-10-21)16(17)18(27)25(19)20/h3-4,7-8H,2,5-6,9-12H2,1H3,(H,22,23). The zero-order valence-electron chi connectivity index (χ0n) is 16.2. The van der Waals surface area contributed by atoms with Crippen LogP contribution in [0.4, 0.5) is 0 Å². The zero-order chi connectivity index (χ0) is 20.0.